The Bertz CT molecular complexity index is 1100. The Balaban J connectivity index is 1.88. The monoisotopic (exact) mass is 420 g/mol. The maximum atomic E-state index is 13.1. The maximum Gasteiger partial charge on any atom is 0.274 e. The Labute approximate surface area is 183 Å². The predicted molar refractivity (Wildman–Crippen MR) is 125 cm³/mol. The normalized spacial score (nSPS) is 11.4. The van der Waals surface area contributed by atoms with E-state index in [1.165, 1.54) is 10.2 Å². The van der Waals surface area contributed by atoms with Crippen molar-refractivity contribution in [1.82, 2.24) is 20.0 Å². The van der Waals surface area contributed by atoms with Crippen molar-refractivity contribution in [2.45, 2.75) is 47.3 Å². The summed E-state index contributed by atoms with van der Waals surface area (Å²) in [5, 5.41) is 8.56. The highest BCUT2D eigenvalue weighted by molar-refractivity contribution is 6.04. The van der Waals surface area contributed by atoms with E-state index in [4.69, 9.17) is 0 Å². The number of fused-ring (bicyclic) bond motifs is 1. The van der Waals surface area contributed by atoms with E-state index in [-0.39, 0.29) is 23.1 Å². The average molecular weight is 421 g/mol. The molecule has 6 heteroatoms. The van der Waals surface area contributed by atoms with Crippen LogP contribution in [0.15, 0.2) is 53.3 Å². The summed E-state index contributed by atoms with van der Waals surface area (Å²) in [5.41, 5.74) is 2.42. The van der Waals surface area contributed by atoms with Gasteiger partial charge in [0.1, 0.15) is 0 Å². The summed E-state index contributed by atoms with van der Waals surface area (Å²) in [4.78, 5) is 28.3. The van der Waals surface area contributed by atoms with Crippen LogP contribution < -0.4 is 10.9 Å². The molecule has 3 rings (SSSR count). The van der Waals surface area contributed by atoms with Crippen LogP contribution in [0.25, 0.3) is 10.8 Å². The second kappa shape index (κ2) is 10.4. The van der Waals surface area contributed by atoms with E-state index in [0.717, 1.165) is 25.2 Å². The van der Waals surface area contributed by atoms with Crippen molar-refractivity contribution in [3.8, 4) is 0 Å². The molecule has 2 aromatic carbocycles. The molecule has 0 unspecified atom stereocenters. The number of benzene rings is 2. The number of nitrogens with one attached hydrogen (secondary N) is 1. The van der Waals surface area contributed by atoms with E-state index in [1.807, 2.05) is 44.2 Å². The van der Waals surface area contributed by atoms with Gasteiger partial charge in [0.25, 0.3) is 11.5 Å². The van der Waals surface area contributed by atoms with Gasteiger partial charge < -0.3 is 5.32 Å². The number of carbonyl (C=O) groups excluding carboxylic acids is 1. The topological polar surface area (TPSA) is 67.2 Å². The van der Waals surface area contributed by atoms with E-state index in [0.29, 0.717) is 23.9 Å². The fraction of sp³-hybridized carbons (Fsp3) is 0.400. The van der Waals surface area contributed by atoms with E-state index >= 15 is 0 Å². The van der Waals surface area contributed by atoms with Gasteiger partial charge in [-0.25, -0.2) is 4.68 Å². The zero-order valence-electron chi connectivity index (χ0n) is 18.9. The molecule has 1 amide bonds. The molecule has 164 valence electrons. The Kier molecular flexibility index (Phi) is 7.58. The van der Waals surface area contributed by atoms with Crippen molar-refractivity contribution in [2.75, 3.05) is 13.1 Å². The van der Waals surface area contributed by atoms with Crippen molar-refractivity contribution in [1.29, 1.82) is 0 Å². The van der Waals surface area contributed by atoms with Gasteiger partial charge in [-0.3, -0.25) is 14.5 Å². The molecule has 1 aromatic heterocycles. The van der Waals surface area contributed by atoms with Crippen molar-refractivity contribution >= 4 is 16.7 Å². The second-order valence-corrected chi connectivity index (χ2v) is 8.19. The number of rotatable bonds is 9. The Morgan fingerprint density at radius 3 is 2.26 bits per heavy atom. The zero-order chi connectivity index (χ0) is 22.4. The third-order valence-corrected chi connectivity index (χ3v) is 5.47. The van der Waals surface area contributed by atoms with Gasteiger partial charge in [-0.15, -0.1) is 0 Å². The highest BCUT2D eigenvalue weighted by Crippen LogP contribution is 2.15. The van der Waals surface area contributed by atoms with Crippen LogP contribution in [-0.4, -0.2) is 33.7 Å². The van der Waals surface area contributed by atoms with E-state index in [2.05, 4.69) is 35.2 Å². The maximum absolute atomic E-state index is 13.1. The Morgan fingerprint density at radius 1 is 1.00 bits per heavy atom. The molecule has 6 nitrogen and oxygen atoms in total. The van der Waals surface area contributed by atoms with E-state index in [1.54, 1.807) is 12.1 Å². The first kappa shape index (κ1) is 22.7. The lowest BCUT2D eigenvalue weighted by atomic mass is 10.1. The zero-order valence-corrected chi connectivity index (χ0v) is 18.9. The quantitative estimate of drug-likeness (QED) is 0.571. The first-order valence-electron chi connectivity index (χ1n) is 11.0. The minimum atomic E-state index is -0.272. The Morgan fingerprint density at radius 2 is 1.61 bits per heavy atom. The summed E-state index contributed by atoms with van der Waals surface area (Å²) >= 11 is 0. The minimum Gasteiger partial charge on any atom is -0.347 e. The molecule has 1 N–H and O–H groups in total. The number of nitrogens with zero attached hydrogens (tertiary/aromatic N) is 3. The molecule has 0 aliphatic carbocycles. The van der Waals surface area contributed by atoms with Crippen LogP contribution in [0.1, 0.15) is 49.3 Å². The van der Waals surface area contributed by atoms with Crippen molar-refractivity contribution in [3.63, 3.8) is 0 Å². The van der Waals surface area contributed by atoms with Crippen LogP contribution in [0.3, 0.4) is 0 Å². The standard InChI is InChI=1S/C25H32N4O2/c1-5-28(6-2)17-20-12-8-7-11-19(20)15-26-24(30)23-21-13-9-10-14-22(21)25(31)29(27-23)16-18(3)4/h7-14,18H,5-6,15-17H2,1-4H3,(H,26,30). The van der Waals surface area contributed by atoms with Gasteiger partial charge in [0.2, 0.25) is 0 Å². The predicted octanol–water partition coefficient (Wildman–Crippen LogP) is 3.82. The van der Waals surface area contributed by atoms with Crippen molar-refractivity contribution < 1.29 is 4.79 Å². The number of hydrogen-bond acceptors (Lipinski definition) is 4. The fourth-order valence-electron chi connectivity index (χ4n) is 3.70. The largest absolute Gasteiger partial charge is 0.347 e. The first-order valence-corrected chi connectivity index (χ1v) is 11.0. The highest BCUT2D eigenvalue weighted by atomic mass is 16.2. The molecule has 0 aliphatic heterocycles. The molecule has 0 spiro atoms. The van der Waals surface area contributed by atoms with Gasteiger partial charge >= 0.3 is 0 Å². The molecule has 0 bridgehead atoms. The fourth-order valence-corrected chi connectivity index (χ4v) is 3.70. The Hall–Kier alpha value is -2.99. The van der Waals surface area contributed by atoms with Crippen LogP contribution in [-0.2, 0) is 19.6 Å². The third-order valence-electron chi connectivity index (χ3n) is 5.47. The number of amides is 1. The molecule has 0 aliphatic rings. The van der Waals surface area contributed by atoms with Crippen LogP contribution >= 0.6 is 0 Å². The van der Waals surface area contributed by atoms with Gasteiger partial charge in [0, 0.05) is 25.0 Å². The van der Waals surface area contributed by atoms with E-state index < -0.39 is 0 Å². The van der Waals surface area contributed by atoms with Crippen molar-refractivity contribution in [2.24, 2.45) is 5.92 Å². The summed E-state index contributed by atoms with van der Waals surface area (Å²) in [6, 6.07) is 15.4. The SMILES string of the molecule is CCN(CC)Cc1ccccc1CNC(=O)c1nn(CC(C)C)c(=O)c2ccccc12. The molecular formula is C25H32N4O2. The average Bonchev–Trinajstić information content (AvgIpc) is 2.78. The van der Waals surface area contributed by atoms with Crippen LogP contribution in [0, 0.1) is 5.92 Å². The number of carbonyl (C=O) groups is 1. The van der Waals surface area contributed by atoms with Gasteiger partial charge in [-0.2, -0.15) is 5.10 Å². The minimum absolute atomic E-state index is 0.162. The van der Waals surface area contributed by atoms with Crippen LogP contribution in [0.4, 0.5) is 0 Å². The second-order valence-electron chi connectivity index (χ2n) is 8.19. The van der Waals surface area contributed by atoms with Gasteiger partial charge in [-0.1, -0.05) is 70.2 Å². The number of hydrogen-bond donors (Lipinski definition) is 1. The molecule has 0 saturated carbocycles. The van der Waals surface area contributed by atoms with Crippen LogP contribution in [0.2, 0.25) is 0 Å². The molecule has 0 radical (unpaired) electrons. The highest BCUT2D eigenvalue weighted by Gasteiger charge is 2.17. The van der Waals surface area contributed by atoms with Gasteiger partial charge in [0.15, 0.2) is 5.69 Å². The van der Waals surface area contributed by atoms with Crippen LogP contribution in [0.5, 0.6) is 0 Å². The molecule has 0 atom stereocenters. The molecule has 0 saturated heterocycles. The summed E-state index contributed by atoms with van der Waals surface area (Å²) in [5.74, 6) is -0.0272. The van der Waals surface area contributed by atoms with Gasteiger partial charge in [-0.05, 0) is 36.2 Å². The molecule has 1 heterocycles. The summed E-state index contributed by atoms with van der Waals surface area (Å²) in [6.07, 6.45) is 0. The third kappa shape index (κ3) is 5.39. The molecular weight excluding hydrogens is 388 g/mol. The first-order chi connectivity index (χ1) is 14.9. The molecule has 0 fully saturated rings. The van der Waals surface area contributed by atoms with Gasteiger partial charge in [0.05, 0.1) is 5.39 Å². The lowest BCUT2D eigenvalue weighted by Crippen LogP contribution is -2.31. The lowest BCUT2D eigenvalue weighted by Gasteiger charge is -2.20. The molecule has 3 aromatic rings. The summed E-state index contributed by atoms with van der Waals surface area (Å²) < 4.78 is 1.41. The van der Waals surface area contributed by atoms with E-state index in [9.17, 15) is 9.59 Å². The summed E-state index contributed by atoms with van der Waals surface area (Å²) in [7, 11) is 0. The van der Waals surface area contributed by atoms with Crippen molar-refractivity contribution in [3.05, 3.63) is 75.7 Å². The number of aromatic nitrogens is 2. The lowest BCUT2D eigenvalue weighted by molar-refractivity contribution is 0.0945. The molecule has 31 heavy (non-hydrogen) atoms. The summed E-state index contributed by atoms with van der Waals surface area (Å²) in [6.45, 7) is 12.0. The smallest absolute Gasteiger partial charge is 0.274 e.